The Bertz CT molecular complexity index is 792. The summed E-state index contributed by atoms with van der Waals surface area (Å²) in [5, 5.41) is 11.7. The standard InChI is InChI=1S/C15H11FN2O2S/c16-12-6-8-13(9-7-12)18-11-15(10-17)21(19,20)14-4-2-1-3-5-14/h1-9,11,18H. The summed E-state index contributed by atoms with van der Waals surface area (Å²) < 4.78 is 37.3. The fourth-order valence-electron chi connectivity index (χ4n) is 1.59. The van der Waals surface area contributed by atoms with Gasteiger partial charge in [-0.2, -0.15) is 5.26 Å². The van der Waals surface area contributed by atoms with Crippen LogP contribution < -0.4 is 5.32 Å². The highest BCUT2D eigenvalue weighted by Gasteiger charge is 2.20. The van der Waals surface area contributed by atoms with Crippen molar-refractivity contribution in [2.45, 2.75) is 4.90 Å². The number of benzene rings is 2. The molecule has 0 bridgehead atoms. The van der Waals surface area contributed by atoms with Crippen LogP contribution in [0.2, 0.25) is 0 Å². The highest BCUT2D eigenvalue weighted by molar-refractivity contribution is 7.95. The number of nitrogens with zero attached hydrogens (tertiary/aromatic N) is 1. The molecule has 0 heterocycles. The van der Waals surface area contributed by atoms with Crippen molar-refractivity contribution in [2.75, 3.05) is 5.32 Å². The summed E-state index contributed by atoms with van der Waals surface area (Å²) in [5.41, 5.74) is 0.479. The first-order valence-electron chi connectivity index (χ1n) is 5.96. The van der Waals surface area contributed by atoms with Crippen LogP contribution in [0.15, 0.2) is 70.6 Å². The second-order valence-electron chi connectivity index (χ2n) is 4.09. The van der Waals surface area contributed by atoms with Crippen LogP contribution in [0, 0.1) is 17.1 Å². The molecule has 2 aromatic rings. The average molecular weight is 302 g/mol. The summed E-state index contributed by atoms with van der Waals surface area (Å²) in [6.07, 6.45) is 1.09. The zero-order chi connectivity index (χ0) is 15.3. The van der Waals surface area contributed by atoms with Gasteiger partial charge in [0.15, 0.2) is 4.91 Å². The molecule has 0 aliphatic rings. The molecule has 0 aromatic heterocycles. The van der Waals surface area contributed by atoms with E-state index in [1.54, 1.807) is 24.3 Å². The lowest BCUT2D eigenvalue weighted by Crippen LogP contribution is -2.05. The maximum Gasteiger partial charge on any atom is 0.218 e. The molecule has 4 nitrogen and oxygen atoms in total. The summed E-state index contributed by atoms with van der Waals surface area (Å²) in [7, 11) is -3.87. The number of hydrogen-bond acceptors (Lipinski definition) is 4. The number of anilines is 1. The summed E-state index contributed by atoms with van der Waals surface area (Å²) in [6.45, 7) is 0. The van der Waals surface area contributed by atoms with Crippen molar-refractivity contribution in [3.63, 3.8) is 0 Å². The monoisotopic (exact) mass is 302 g/mol. The number of allylic oxidation sites excluding steroid dienone is 1. The molecule has 0 aliphatic carbocycles. The van der Waals surface area contributed by atoms with E-state index in [2.05, 4.69) is 5.32 Å². The van der Waals surface area contributed by atoms with Crippen LogP contribution in [0.5, 0.6) is 0 Å². The molecule has 0 amide bonds. The molecule has 0 saturated heterocycles. The van der Waals surface area contributed by atoms with Crippen LogP contribution >= 0.6 is 0 Å². The van der Waals surface area contributed by atoms with Crippen molar-refractivity contribution in [1.29, 1.82) is 5.26 Å². The molecule has 1 N–H and O–H groups in total. The van der Waals surface area contributed by atoms with E-state index in [4.69, 9.17) is 5.26 Å². The van der Waals surface area contributed by atoms with Gasteiger partial charge in [0.2, 0.25) is 9.84 Å². The first kappa shape index (κ1) is 14.8. The topological polar surface area (TPSA) is 70.0 Å². The zero-order valence-corrected chi connectivity index (χ0v) is 11.6. The Hall–Kier alpha value is -2.65. The molecule has 0 aliphatic heterocycles. The Balaban J connectivity index is 2.29. The van der Waals surface area contributed by atoms with Gasteiger partial charge >= 0.3 is 0 Å². The van der Waals surface area contributed by atoms with Gasteiger partial charge < -0.3 is 5.32 Å². The van der Waals surface area contributed by atoms with Crippen molar-refractivity contribution in [3.05, 3.63) is 71.5 Å². The number of nitriles is 1. The van der Waals surface area contributed by atoms with Gasteiger partial charge in [0, 0.05) is 11.9 Å². The molecule has 2 aromatic carbocycles. The molecule has 0 atom stereocenters. The Kier molecular flexibility index (Phi) is 4.36. The lowest BCUT2D eigenvalue weighted by molar-refractivity contribution is 0.603. The number of sulfone groups is 1. The van der Waals surface area contributed by atoms with Gasteiger partial charge in [-0.05, 0) is 36.4 Å². The zero-order valence-electron chi connectivity index (χ0n) is 10.8. The molecule has 0 spiro atoms. The molecule has 6 heteroatoms. The molecule has 0 radical (unpaired) electrons. The maximum absolute atomic E-state index is 12.8. The third-order valence-corrected chi connectivity index (χ3v) is 4.35. The third-order valence-electron chi connectivity index (χ3n) is 2.67. The van der Waals surface area contributed by atoms with E-state index in [1.807, 2.05) is 0 Å². The molecule has 0 saturated carbocycles. The SMILES string of the molecule is N#CC(=CNc1ccc(F)cc1)S(=O)(=O)c1ccccc1. The molecule has 21 heavy (non-hydrogen) atoms. The third kappa shape index (κ3) is 3.46. The van der Waals surface area contributed by atoms with E-state index in [-0.39, 0.29) is 4.90 Å². The van der Waals surface area contributed by atoms with Gasteiger partial charge in [-0.3, -0.25) is 0 Å². The van der Waals surface area contributed by atoms with E-state index >= 15 is 0 Å². The van der Waals surface area contributed by atoms with Gasteiger partial charge in [-0.1, -0.05) is 18.2 Å². The van der Waals surface area contributed by atoms with Gasteiger partial charge in [0.1, 0.15) is 11.9 Å². The Morgan fingerprint density at radius 3 is 2.29 bits per heavy atom. The lowest BCUT2D eigenvalue weighted by Gasteiger charge is -2.04. The second kappa shape index (κ2) is 6.20. The van der Waals surface area contributed by atoms with Gasteiger partial charge in [-0.15, -0.1) is 0 Å². The van der Waals surface area contributed by atoms with E-state index in [9.17, 15) is 12.8 Å². The number of nitrogens with one attached hydrogen (secondary N) is 1. The Morgan fingerprint density at radius 2 is 1.71 bits per heavy atom. The fourth-order valence-corrected chi connectivity index (χ4v) is 2.70. The van der Waals surface area contributed by atoms with Crippen LogP contribution in [0.25, 0.3) is 0 Å². The quantitative estimate of drug-likeness (QED) is 0.881. The predicted octanol–water partition coefficient (Wildman–Crippen LogP) is 3.08. The van der Waals surface area contributed by atoms with Crippen molar-refractivity contribution in [3.8, 4) is 6.07 Å². The highest BCUT2D eigenvalue weighted by atomic mass is 32.2. The normalized spacial score (nSPS) is 11.7. The van der Waals surface area contributed by atoms with Crippen LogP contribution in [0.1, 0.15) is 0 Å². The Labute approximate surface area is 122 Å². The maximum atomic E-state index is 12.8. The molecule has 2 rings (SSSR count). The van der Waals surface area contributed by atoms with Crippen LogP contribution in [0.3, 0.4) is 0 Å². The average Bonchev–Trinajstić information content (AvgIpc) is 2.50. The molecule has 0 fully saturated rings. The highest BCUT2D eigenvalue weighted by Crippen LogP contribution is 2.18. The van der Waals surface area contributed by atoms with E-state index in [1.165, 1.54) is 36.4 Å². The first-order chi connectivity index (χ1) is 10.0. The molecular formula is C15H11FN2O2S. The van der Waals surface area contributed by atoms with Crippen molar-refractivity contribution >= 4 is 15.5 Å². The first-order valence-corrected chi connectivity index (χ1v) is 7.45. The summed E-state index contributed by atoms with van der Waals surface area (Å²) in [6, 6.07) is 14.7. The van der Waals surface area contributed by atoms with E-state index in [0.717, 1.165) is 6.20 Å². The smallest absolute Gasteiger partial charge is 0.218 e. The molecular weight excluding hydrogens is 291 g/mol. The minimum absolute atomic E-state index is 0.0405. The molecule has 106 valence electrons. The van der Waals surface area contributed by atoms with Crippen LogP contribution in [-0.4, -0.2) is 8.42 Å². The van der Waals surface area contributed by atoms with E-state index < -0.39 is 20.6 Å². The van der Waals surface area contributed by atoms with Crippen LogP contribution in [-0.2, 0) is 9.84 Å². The molecule has 0 unspecified atom stereocenters. The minimum atomic E-state index is -3.87. The largest absolute Gasteiger partial charge is 0.360 e. The summed E-state index contributed by atoms with van der Waals surface area (Å²) >= 11 is 0. The van der Waals surface area contributed by atoms with Gasteiger partial charge in [0.05, 0.1) is 4.90 Å². The van der Waals surface area contributed by atoms with Crippen LogP contribution in [0.4, 0.5) is 10.1 Å². The summed E-state index contributed by atoms with van der Waals surface area (Å²) in [5.74, 6) is -0.401. The minimum Gasteiger partial charge on any atom is -0.360 e. The van der Waals surface area contributed by atoms with Crippen molar-refractivity contribution < 1.29 is 12.8 Å². The van der Waals surface area contributed by atoms with Crippen molar-refractivity contribution in [2.24, 2.45) is 0 Å². The number of halogens is 1. The number of rotatable bonds is 4. The van der Waals surface area contributed by atoms with E-state index in [0.29, 0.717) is 5.69 Å². The fraction of sp³-hybridized carbons (Fsp3) is 0. The Morgan fingerprint density at radius 1 is 1.10 bits per heavy atom. The second-order valence-corrected chi connectivity index (χ2v) is 6.01. The summed E-state index contributed by atoms with van der Waals surface area (Å²) in [4.78, 5) is -0.378. The van der Waals surface area contributed by atoms with Gasteiger partial charge in [-0.25, -0.2) is 12.8 Å². The van der Waals surface area contributed by atoms with Crippen molar-refractivity contribution in [1.82, 2.24) is 0 Å². The lowest BCUT2D eigenvalue weighted by atomic mass is 10.3. The number of hydrogen-bond donors (Lipinski definition) is 1. The van der Waals surface area contributed by atoms with Gasteiger partial charge in [0.25, 0.3) is 0 Å². The predicted molar refractivity (Wildman–Crippen MR) is 77.3 cm³/mol.